The first-order chi connectivity index (χ1) is 26.7. The summed E-state index contributed by atoms with van der Waals surface area (Å²) in [6, 6.07) is 77.1. The van der Waals surface area contributed by atoms with E-state index in [4.69, 9.17) is 0 Å². The standard InChI is InChI=1S/C52H35NS/c1-4-12-36(13-5-1)37-22-26-44(27-23-37)53(46-30-31-47(39-14-6-2-7-15-39)49(35-46)40-16-8-3-9-17-40)45-28-24-38(25-29-45)41-20-21-42-33-50-48-18-10-11-19-51(48)54-52(50)34-43(42)32-41/h1-35H. The minimum atomic E-state index is 1.10. The smallest absolute Gasteiger partial charge is 0.0468 e. The maximum Gasteiger partial charge on any atom is 0.0468 e. The number of rotatable bonds is 7. The van der Waals surface area contributed by atoms with Crippen LogP contribution in [0.1, 0.15) is 0 Å². The maximum absolute atomic E-state index is 2.37. The Morgan fingerprint density at radius 3 is 1.46 bits per heavy atom. The van der Waals surface area contributed by atoms with Crippen molar-refractivity contribution in [3.8, 4) is 44.5 Å². The average Bonchev–Trinajstić information content (AvgIpc) is 3.61. The number of hydrogen-bond acceptors (Lipinski definition) is 2. The van der Waals surface area contributed by atoms with Crippen LogP contribution in [0.4, 0.5) is 17.1 Å². The molecule has 1 heterocycles. The first-order valence-electron chi connectivity index (χ1n) is 18.4. The topological polar surface area (TPSA) is 3.24 Å². The Kier molecular flexibility index (Phi) is 8.09. The van der Waals surface area contributed by atoms with Crippen LogP contribution in [0.25, 0.3) is 75.5 Å². The lowest BCUT2D eigenvalue weighted by Crippen LogP contribution is -2.10. The van der Waals surface area contributed by atoms with Gasteiger partial charge in [-0.2, -0.15) is 0 Å². The van der Waals surface area contributed by atoms with Crippen LogP contribution in [0.3, 0.4) is 0 Å². The highest BCUT2D eigenvalue weighted by Gasteiger charge is 2.17. The molecule has 0 aliphatic heterocycles. The summed E-state index contributed by atoms with van der Waals surface area (Å²) in [5.41, 5.74) is 12.9. The van der Waals surface area contributed by atoms with Gasteiger partial charge in [0, 0.05) is 37.2 Å². The van der Waals surface area contributed by atoms with Gasteiger partial charge in [0.15, 0.2) is 0 Å². The van der Waals surface area contributed by atoms with Gasteiger partial charge in [0.2, 0.25) is 0 Å². The second-order valence-electron chi connectivity index (χ2n) is 13.8. The van der Waals surface area contributed by atoms with Crippen LogP contribution >= 0.6 is 11.3 Å². The molecule has 10 aromatic rings. The molecule has 0 aliphatic carbocycles. The molecule has 0 bridgehead atoms. The molecule has 1 nitrogen and oxygen atoms in total. The second-order valence-corrected chi connectivity index (χ2v) is 14.8. The molecular weight excluding hydrogens is 671 g/mol. The molecule has 9 aromatic carbocycles. The minimum Gasteiger partial charge on any atom is -0.310 e. The fraction of sp³-hybridized carbons (Fsp3) is 0. The van der Waals surface area contributed by atoms with Gasteiger partial charge in [-0.3, -0.25) is 0 Å². The lowest BCUT2D eigenvalue weighted by Gasteiger charge is -2.27. The molecule has 0 saturated carbocycles. The molecule has 0 amide bonds. The van der Waals surface area contributed by atoms with E-state index in [1.165, 1.54) is 75.5 Å². The largest absolute Gasteiger partial charge is 0.310 e. The van der Waals surface area contributed by atoms with E-state index in [1.807, 2.05) is 11.3 Å². The zero-order valence-corrected chi connectivity index (χ0v) is 30.4. The molecule has 0 fully saturated rings. The van der Waals surface area contributed by atoms with Crippen molar-refractivity contribution >= 4 is 59.3 Å². The Labute approximate surface area is 319 Å². The maximum atomic E-state index is 2.37. The second kappa shape index (κ2) is 13.7. The van der Waals surface area contributed by atoms with E-state index < -0.39 is 0 Å². The zero-order chi connectivity index (χ0) is 35.8. The summed E-state index contributed by atoms with van der Waals surface area (Å²) in [6.07, 6.45) is 0. The Balaban J connectivity index is 1.07. The van der Waals surface area contributed by atoms with E-state index in [0.717, 1.165) is 17.1 Å². The fourth-order valence-corrected chi connectivity index (χ4v) is 8.87. The number of anilines is 3. The molecule has 0 spiro atoms. The Bertz CT molecular complexity index is 2890. The predicted octanol–water partition coefficient (Wildman–Crippen LogP) is 15.3. The van der Waals surface area contributed by atoms with Gasteiger partial charge < -0.3 is 4.90 Å². The molecule has 254 valence electrons. The lowest BCUT2D eigenvalue weighted by atomic mass is 9.93. The van der Waals surface area contributed by atoms with Crippen molar-refractivity contribution < 1.29 is 0 Å². The minimum absolute atomic E-state index is 1.10. The van der Waals surface area contributed by atoms with Gasteiger partial charge in [-0.25, -0.2) is 0 Å². The van der Waals surface area contributed by atoms with Gasteiger partial charge in [0.1, 0.15) is 0 Å². The number of hydrogen-bond donors (Lipinski definition) is 0. The highest BCUT2D eigenvalue weighted by Crippen LogP contribution is 2.42. The molecule has 0 aliphatic rings. The van der Waals surface area contributed by atoms with Gasteiger partial charge in [0.05, 0.1) is 0 Å². The summed E-state index contributed by atoms with van der Waals surface area (Å²) in [7, 11) is 0. The van der Waals surface area contributed by atoms with Gasteiger partial charge in [-0.1, -0.05) is 152 Å². The van der Waals surface area contributed by atoms with E-state index in [9.17, 15) is 0 Å². The highest BCUT2D eigenvalue weighted by molar-refractivity contribution is 7.25. The van der Waals surface area contributed by atoms with Crippen molar-refractivity contribution in [2.24, 2.45) is 0 Å². The molecule has 2 heteroatoms. The predicted molar refractivity (Wildman–Crippen MR) is 233 cm³/mol. The van der Waals surface area contributed by atoms with E-state index in [1.54, 1.807) is 0 Å². The molecule has 54 heavy (non-hydrogen) atoms. The average molecular weight is 706 g/mol. The fourth-order valence-electron chi connectivity index (χ4n) is 7.73. The number of nitrogens with zero attached hydrogens (tertiary/aromatic N) is 1. The Hall–Kier alpha value is -6.74. The molecule has 0 radical (unpaired) electrons. The third-order valence-corrected chi connectivity index (χ3v) is 11.6. The monoisotopic (exact) mass is 705 g/mol. The van der Waals surface area contributed by atoms with Crippen molar-refractivity contribution in [2.75, 3.05) is 4.90 Å². The van der Waals surface area contributed by atoms with E-state index in [0.29, 0.717) is 0 Å². The first-order valence-corrected chi connectivity index (χ1v) is 19.2. The zero-order valence-electron chi connectivity index (χ0n) is 29.6. The van der Waals surface area contributed by atoms with Crippen LogP contribution in [-0.2, 0) is 0 Å². The Morgan fingerprint density at radius 1 is 0.278 bits per heavy atom. The van der Waals surface area contributed by atoms with Gasteiger partial charge in [0.25, 0.3) is 0 Å². The molecule has 0 unspecified atom stereocenters. The third-order valence-electron chi connectivity index (χ3n) is 10.5. The van der Waals surface area contributed by atoms with Gasteiger partial charge in [-0.15, -0.1) is 11.3 Å². The van der Waals surface area contributed by atoms with Crippen LogP contribution < -0.4 is 4.90 Å². The van der Waals surface area contributed by atoms with Crippen LogP contribution in [0.2, 0.25) is 0 Å². The SMILES string of the molecule is c1ccc(-c2ccc(N(c3ccc(-c4ccc5cc6c(cc5c4)sc4ccccc46)cc3)c3ccc(-c4ccccc4)c(-c4ccccc4)c3)cc2)cc1. The van der Waals surface area contributed by atoms with E-state index in [-0.39, 0.29) is 0 Å². The van der Waals surface area contributed by atoms with Crippen LogP contribution in [0.15, 0.2) is 212 Å². The quantitative estimate of drug-likeness (QED) is 0.160. The molecular formula is C52H35NS. The number of benzene rings is 9. The number of fused-ring (bicyclic) bond motifs is 4. The van der Waals surface area contributed by atoms with Crippen molar-refractivity contribution in [3.63, 3.8) is 0 Å². The highest BCUT2D eigenvalue weighted by atomic mass is 32.1. The Morgan fingerprint density at radius 2 is 0.796 bits per heavy atom. The van der Waals surface area contributed by atoms with Crippen molar-refractivity contribution in [1.82, 2.24) is 0 Å². The molecule has 10 rings (SSSR count). The lowest BCUT2D eigenvalue weighted by molar-refractivity contribution is 1.28. The summed E-state index contributed by atoms with van der Waals surface area (Å²) in [4.78, 5) is 2.37. The van der Waals surface area contributed by atoms with Crippen molar-refractivity contribution in [1.29, 1.82) is 0 Å². The van der Waals surface area contributed by atoms with E-state index in [2.05, 4.69) is 217 Å². The molecule has 1 aromatic heterocycles. The molecule has 0 N–H and O–H groups in total. The summed E-state index contributed by atoms with van der Waals surface area (Å²) >= 11 is 1.87. The summed E-state index contributed by atoms with van der Waals surface area (Å²) in [6.45, 7) is 0. The first kappa shape index (κ1) is 32.0. The third kappa shape index (κ3) is 5.93. The summed E-state index contributed by atoms with van der Waals surface area (Å²) in [5, 5.41) is 5.21. The number of thiophene rings is 1. The van der Waals surface area contributed by atoms with E-state index >= 15 is 0 Å². The van der Waals surface area contributed by atoms with Crippen molar-refractivity contribution in [2.45, 2.75) is 0 Å². The van der Waals surface area contributed by atoms with Gasteiger partial charge in [-0.05, 0) is 116 Å². The van der Waals surface area contributed by atoms with Crippen molar-refractivity contribution in [3.05, 3.63) is 212 Å². The van der Waals surface area contributed by atoms with Crippen LogP contribution in [-0.4, -0.2) is 0 Å². The normalized spacial score (nSPS) is 11.3. The summed E-state index contributed by atoms with van der Waals surface area (Å²) < 4.78 is 2.67. The summed E-state index contributed by atoms with van der Waals surface area (Å²) in [5.74, 6) is 0. The molecule has 0 saturated heterocycles. The van der Waals surface area contributed by atoms with Gasteiger partial charge >= 0.3 is 0 Å². The van der Waals surface area contributed by atoms with Crippen LogP contribution in [0.5, 0.6) is 0 Å². The molecule has 0 atom stereocenters. The van der Waals surface area contributed by atoms with Crippen LogP contribution in [0, 0.1) is 0 Å².